The number of nitrogens with zero attached hydrogens (tertiary/aromatic N) is 1. The van der Waals surface area contributed by atoms with Gasteiger partial charge in [-0.15, -0.1) is 11.3 Å². The van der Waals surface area contributed by atoms with E-state index in [0.717, 1.165) is 23.7 Å². The van der Waals surface area contributed by atoms with Crippen molar-refractivity contribution in [2.75, 3.05) is 6.54 Å². The van der Waals surface area contributed by atoms with E-state index in [1.54, 1.807) is 11.3 Å². The molecule has 1 heterocycles. The highest BCUT2D eigenvalue weighted by Crippen LogP contribution is 2.26. The van der Waals surface area contributed by atoms with Crippen molar-refractivity contribution in [3.63, 3.8) is 0 Å². The Bertz CT molecular complexity index is 573. The number of benzene rings is 1. The Morgan fingerprint density at radius 2 is 2.05 bits per heavy atom. The maximum absolute atomic E-state index is 6.15. The zero-order valence-electron chi connectivity index (χ0n) is 13.1. The van der Waals surface area contributed by atoms with E-state index in [9.17, 15) is 0 Å². The van der Waals surface area contributed by atoms with E-state index in [-0.39, 0.29) is 0 Å². The SMILES string of the molecule is Cc1nc(CC(CNC(C)C)c2cccc(Cl)c2)sc1C. The van der Waals surface area contributed by atoms with Gasteiger partial charge in [0.25, 0.3) is 0 Å². The first-order valence-corrected chi connectivity index (χ1v) is 8.57. The van der Waals surface area contributed by atoms with E-state index in [2.05, 4.69) is 50.1 Å². The number of nitrogens with one attached hydrogen (secondary N) is 1. The standard InChI is InChI=1S/C17H23ClN2S/c1-11(2)19-10-15(14-6-5-7-16(18)8-14)9-17-20-12(3)13(4)21-17/h5-8,11,15,19H,9-10H2,1-4H3. The number of hydrogen-bond donors (Lipinski definition) is 1. The Kier molecular flexibility index (Phi) is 5.80. The minimum Gasteiger partial charge on any atom is -0.314 e. The lowest BCUT2D eigenvalue weighted by atomic mass is 9.95. The van der Waals surface area contributed by atoms with Crippen molar-refractivity contribution in [3.8, 4) is 0 Å². The van der Waals surface area contributed by atoms with E-state index in [0.29, 0.717) is 12.0 Å². The third-order valence-electron chi connectivity index (χ3n) is 3.59. The normalized spacial score (nSPS) is 12.9. The van der Waals surface area contributed by atoms with Gasteiger partial charge in [0.05, 0.1) is 10.7 Å². The first-order valence-electron chi connectivity index (χ1n) is 7.37. The minimum atomic E-state index is 0.399. The Balaban J connectivity index is 2.19. The van der Waals surface area contributed by atoms with Gasteiger partial charge in [-0.25, -0.2) is 4.98 Å². The van der Waals surface area contributed by atoms with Crippen LogP contribution in [0.5, 0.6) is 0 Å². The van der Waals surface area contributed by atoms with Gasteiger partial charge < -0.3 is 5.32 Å². The summed E-state index contributed by atoms with van der Waals surface area (Å²) >= 11 is 7.95. The molecule has 0 amide bonds. The number of halogens is 1. The average Bonchev–Trinajstić information content (AvgIpc) is 2.73. The summed E-state index contributed by atoms with van der Waals surface area (Å²) in [5.41, 5.74) is 2.43. The fourth-order valence-electron chi connectivity index (χ4n) is 2.28. The molecule has 2 nitrogen and oxygen atoms in total. The molecule has 0 aliphatic carbocycles. The van der Waals surface area contributed by atoms with Crippen LogP contribution >= 0.6 is 22.9 Å². The molecule has 1 N–H and O–H groups in total. The van der Waals surface area contributed by atoms with Crippen LogP contribution in [0.1, 0.15) is 40.9 Å². The van der Waals surface area contributed by atoms with Crippen LogP contribution in [0.4, 0.5) is 0 Å². The van der Waals surface area contributed by atoms with Crippen LogP contribution in [0.25, 0.3) is 0 Å². The van der Waals surface area contributed by atoms with Crippen LogP contribution < -0.4 is 5.32 Å². The summed E-state index contributed by atoms with van der Waals surface area (Å²) in [4.78, 5) is 5.99. The monoisotopic (exact) mass is 322 g/mol. The molecule has 0 fully saturated rings. The number of thiazole rings is 1. The van der Waals surface area contributed by atoms with E-state index < -0.39 is 0 Å². The molecule has 0 bridgehead atoms. The van der Waals surface area contributed by atoms with Crippen molar-refractivity contribution >= 4 is 22.9 Å². The molecular weight excluding hydrogens is 300 g/mol. The molecule has 114 valence electrons. The van der Waals surface area contributed by atoms with Crippen molar-refractivity contribution in [3.05, 3.63) is 50.4 Å². The molecule has 1 atom stereocenters. The molecular formula is C17H23ClN2S. The largest absolute Gasteiger partial charge is 0.314 e. The average molecular weight is 323 g/mol. The van der Waals surface area contributed by atoms with E-state index in [1.165, 1.54) is 15.4 Å². The number of aryl methyl sites for hydroxylation is 2. The second-order valence-electron chi connectivity index (χ2n) is 5.77. The molecule has 2 aromatic rings. The molecule has 21 heavy (non-hydrogen) atoms. The van der Waals surface area contributed by atoms with Gasteiger partial charge in [0.2, 0.25) is 0 Å². The predicted octanol–water partition coefficient (Wildman–Crippen LogP) is 4.74. The van der Waals surface area contributed by atoms with Gasteiger partial charge in [-0.05, 0) is 31.5 Å². The number of aromatic nitrogens is 1. The summed E-state index contributed by atoms with van der Waals surface area (Å²) in [7, 11) is 0. The summed E-state index contributed by atoms with van der Waals surface area (Å²) in [6.45, 7) is 9.50. The maximum Gasteiger partial charge on any atom is 0.0937 e. The van der Waals surface area contributed by atoms with Crippen LogP contribution in [-0.2, 0) is 6.42 Å². The van der Waals surface area contributed by atoms with Crippen molar-refractivity contribution in [1.82, 2.24) is 10.3 Å². The van der Waals surface area contributed by atoms with Crippen molar-refractivity contribution < 1.29 is 0 Å². The van der Waals surface area contributed by atoms with Gasteiger partial charge >= 0.3 is 0 Å². The first-order chi connectivity index (χ1) is 9.95. The molecule has 1 unspecified atom stereocenters. The molecule has 0 spiro atoms. The predicted molar refractivity (Wildman–Crippen MR) is 92.6 cm³/mol. The van der Waals surface area contributed by atoms with E-state index >= 15 is 0 Å². The van der Waals surface area contributed by atoms with E-state index in [1.807, 2.05) is 12.1 Å². The fourth-order valence-corrected chi connectivity index (χ4v) is 3.50. The molecule has 1 aromatic carbocycles. The lowest BCUT2D eigenvalue weighted by Crippen LogP contribution is -2.29. The highest BCUT2D eigenvalue weighted by molar-refractivity contribution is 7.11. The minimum absolute atomic E-state index is 0.399. The Labute approximate surface area is 136 Å². The summed E-state index contributed by atoms with van der Waals surface area (Å²) in [6.07, 6.45) is 0.958. The van der Waals surface area contributed by atoms with Gasteiger partial charge in [0.1, 0.15) is 0 Å². The first kappa shape index (κ1) is 16.5. The number of rotatable bonds is 6. The zero-order chi connectivity index (χ0) is 15.4. The fraction of sp³-hybridized carbons (Fsp3) is 0.471. The Hall–Kier alpha value is -0.900. The molecule has 4 heteroatoms. The van der Waals surface area contributed by atoms with Crippen LogP contribution in [0, 0.1) is 13.8 Å². The molecule has 2 rings (SSSR count). The highest BCUT2D eigenvalue weighted by Gasteiger charge is 2.16. The van der Waals surface area contributed by atoms with Gasteiger partial charge in [-0.3, -0.25) is 0 Å². The second kappa shape index (κ2) is 7.39. The van der Waals surface area contributed by atoms with Gasteiger partial charge in [-0.2, -0.15) is 0 Å². The number of hydrogen-bond acceptors (Lipinski definition) is 3. The lowest BCUT2D eigenvalue weighted by Gasteiger charge is -2.19. The Morgan fingerprint density at radius 1 is 1.29 bits per heavy atom. The summed E-state index contributed by atoms with van der Waals surface area (Å²) in [5.74, 6) is 0.399. The molecule has 0 saturated heterocycles. The smallest absolute Gasteiger partial charge is 0.0937 e. The summed E-state index contributed by atoms with van der Waals surface area (Å²) < 4.78 is 0. The van der Waals surface area contributed by atoms with Gasteiger partial charge in [-0.1, -0.05) is 37.6 Å². The molecule has 0 aliphatic heterocycles. The summed E-state index contributed by atoms with van der Waals surface area (Å²) in [5, 5.41) is 5.55. The molecule has 0 saturated carbocycles. The molecule has 0 radical (unpaired) electrons. The molecule has 1 aromatic heterocycles. The third-order valence-corrected chi connectivity index (χ3v) is 4.92. The summed E-state index contributed by atoms with van der Waals surface area (Å²) in [6, 6.07) is 8.66. The zero-order valence-corrected chi connectivity index (χ0v) is 14.7. The van der Waals surface area contributed by atoms with Gasteiger partial charge in [0.15, 0.2) is 0 Å². The van der Waals surface area contributed by atoms with Crippen molar-refractivity contribution in [1.29, 1.82) is 0 Å². The van der Waals surface area contributed by atoms with E-state index in [4.69, 9.17) is 11.6 Å². The van der Waals surface area contributed by atoms with Crippen molar-refractivity contribution in [2.24, 2.45) is 0 Å². The Morgan fingerprint density at radius 3 is 2.62 bits per heavy atom. The third kappa shape index (κ3) is 4.80. The van der Waals surface area contributed by atoms with Gasteiger partial charge in [0, 0.05) is 34.8 Å². The lowest BCUT2D eigenvalue weighted by molar-refractivity contribution is 0.526. The quantitative estimate of drug-likeness (QED) is 0.831. The van der Waals surface area contributed by atoms with Crippen LogP contribution in [0.15, 0.2) is 24.3 Å². The van der Waals surface area contributed by atoms with Crippen LogP contribution in [0.2, 0.25) is 5.02 Å². The van der Waals surface area contributed by atoms with Crippen molar-refractivity contribution in [2.45, 2.75) is 46.1 Å². The maximum atomic E-state index is 6.15. The van der Waals surface area contributed by atoms with Crippen LogP contribution in [-0.4, -0.2) is 17.6 Å². The molecule has 0 aliphatic rings. The highest BCUT2D eigenvalue weighted by atomic mass is 35.5. The second-order valence-corrected chi connectivity index (χ2v) is 7.49. The topological polar surface area (TPSA) is 24.9 Å². The van der Waals surface area contributed by atoms with Crippen LogP contribution in [0.3, 0.4) is 0 Å².